The monoisotopic (exact) mass is 292 g/mol. The second-order valence-electron chi connectivity index (χ2n) is 6.81. The highest BCUT2D eigenvalue weighted by atomic mass is 16.5. The summed E-state index contributed by atoms with van der Waals surface area (Å²) in [6, 6.07) is 0. The molecule has 1 N–H and O–H groups in total. The molecular weight excluding hydrogens is 264 g/mol. The van der Waals surface area contributed by atoms with Gasteiger partial charge in [-0.2, -0.15) is 5.10 Å². The first-order chi connectivity index (χ1) is 10.1. The summed E-state index contributed by atoms with van der Waals surface area (Å²) in [6.07, 6.45) is 3.18. The van der Waals surface area contributed by atoms with E-state index in [-0.39, 0.29) is 0 Å². The molecule has 1 atom stereocenters. The zero-order valence-corrected chi connectivity index (χ0v) is 13.6. The minimum atomic E-state index is 0.343. The van der Waals surface area contributed by atoms with Crippen LogP contribution in [0.3, 0.4) is 0 Å². The van der Waals surface area contributed by atoms with Gasteiger partial charge in [0.05, 0.1) is 18.4 Å². The fraction of sp³-hybridized carbons (Fsp3) is 0.812. The lowest BCUT2D eigenvalue weighted by atomic mass is 10.1. The molecule has 5 nitrogen and oxygen atoms in total. The number of aromatic nitrogens is 2. The molecule has 2 heterocycles. The largest absolute Gasteiger partial charge is 0.374 e. The summed E-state index contributed by atoms with van der Waals surface area (Å²) in [5, 5.41) is 7.38. The van der Waals surface area contributed by atoms with Crippen LogP contribution in [-0.2, 0) is 11.3 Å². The van der Waals surface area contributed by atoms with E-state index in [2.05, 4.69) is 40.9 Å². The van der Waals surface area contributed by atoms with E-state index in [1.165, 1.54) is 30.6 Å². The molecule has 5 heteroatoms. The van der Waals surface area contributed by atoms with Gasteiger partial charge in [0.15, 0.2) is 0 Å². The van der Waals surface area contributed by atoms with Crippen LogP contribution < -0.4 is 0 Å². The zero-order valence-electron chi connectivity index (χ0n) is 13.6. The molecule has 0 amide bonds. The Morgan fingerprint density at radius 1 is 1.33 bits per heavy atom. The van der Waals surface area contributed by atoms with E-state index in [4.69, 9.17) is 4.74 Å². The highest BCUT2D eigenvalue weighted by Crippen LogP contribution is 2.29. The SMILES string of the molecule is Cc1n[nH]c(C)c1CN1CCO[C@H](CN(C)CC2CC2)C1. The van der Waals surface area contributed by atoms with Crippen molar-refractivity contribution in [3.63, 3.8) is 0 Å². The topological polar surface area (TPSA) is 44.4 Å². The lowest BCUT2D eigenvalue weighted by Crippen LogP contribution is -2.46. The second-order valence-corrected chi connectivity index (χ2v) is 6.81. The Balaban J connectivity index is 1.50. The Morgan fingerprint density at radius 3 is 2.81 bits per heavy atom. The molecule has 118 valence electrons. The highest BCUT2D eigenvalue weighted by molar-refractivity contribution is 5.22. The second kappa shape index (κ2) is 6.46. The zero-order chi connectivity index (χ0) is 14.8. The van der Waals surface area contributed by atoms with Crippen LogP contribution in [0.1, 0.15) is 29.8 Å². The Morgan fingerprint density at radius 2 is 2.14 bits per heavy atom. The maximum Gasteiger partial charge on any atom is 0.0829 e. The predicted octanol–water partition coefficient (Wildman–Crippen LogP) is 1.57. The summed E-state index contributed by atoms with van der Waals surface area (Å²) >= 11 is 0. The fourth-order valence-corrected chi connectivity index (χ4v) is 3.23. The quantitative estimate of drug-likeness (QED) is 0.864. The predicted molar refractivity (Wildman–Crippen MR) is 83.3 cm³/mol. The average Bonchev–Trinajstić information content (AvgIpc) is 3.20. The van der Waals surface area contributed by atoms with Crippen molar-refractivity contribution in [2.24, 2.45) is 5.92 Å². The smallest absolute Gasteiger partial charge is 0.0829 e. The van der Waals surface area contributed by atoms with E-state index < -0.39 is 0 Å². The summed E-state index contributed by atoms with van der Waals surface area (Å²) in [5.74, 6) is 0.950. The molecule has 2 aliphatic rings. The summed E-state index contributed by atoms with van der Waals surface area (Å²) in [7, 11) is 2.23. The summed E-state index contributed by atoms with van der Waals surface area (Å²) < 4.78 is 5.95. The van der Waals surface area contributed by atoms with Gasteiger partial charge in [-0.15, -0.1) is 0 Å². The normalized spacial score (nSPS) is 23.9. The lowest BCUT2D eigenvalue weighted by molar-refractivity contribution is -0.0435. The van der Waals surface area contributed by atoms with Crippen molar-refractivity contribution in [3.05, 3.63) is 17.0 Å². The first kappa shape index (κ1) is 15.0. The van der Waals surface area contributed by atoms with Crippen molar-refractivity contribution in [1.29, 1.82) is 0 Å². The number of ether oxygens (including phenoxy) is 1. The number of hydrogen-bond acceptors (Lipinski definition) is 4. The third-order valence-electron chi connectivity index (χ3n) is 4.67. The lowest BCUT2D eigenvalue weighted by Gasteiger charge is -2.35. The molecule has 21 heavy (non-hydrogen) atoms. The molecule has 1 saturated carbocycles. The molecule has 0 aromatic carbocycles. The van der Waals surface area contributed by atoms with Crippen molar-refractivity contribution in [3.8, 4) is 0 Å². The molecular formula is C16H28N4O. The number of morpholine rings is 1. The molecule has 3 rings (SSSR count). The average molecular weight is 292 g/mol. The van der Waals surface area contributed by atoms with E-state index in [0.717, 1.165) is 44.4 Å². The third kappa shape index (κ3) is 4.05. The van der Waals surface area contributed by atoms with Gasteiger partial charge in [0.2, 0.25) is 0 Å². The Kier molecular flexibility index (Phi) is 4.62. The number of aryl methyl sites for hydroxylation is 2. The number of rotatable bonds is 6. The number of likely N-dealkylation sites (N-methyl/N-ethyl adjacent to an activating group) is 1. The standard InChI is InChI=1S/C16H28N4O/c1-12-16(13(2)18-17-12)11-20-6-7-21-15(10-20)9-19(3)8-14-4-5-14/h14-15H,4-11H2,1-3H3,(H,17,18)/t15-/m1/s1. The van der Waals surface area contributed by atoms with Crippen LogP contribution >= 0.6 is 0 Å². The van der Waals surface area contributed by atoms with E-state index in [9.17, 15) is 0 Å². The van der Waals surface area contributed by atoms with Crippen LogP contribution in [0.25, 0.3) is 0 Å². The van der Waals surface area contributed by atoms with Gasteiger partial charge in [0.25, 0.3) is 0 Å². The van der Waals surface area contributed by atoms with Crippen molar-refractivity contribution < 1.29 is 4.74 Å². The summed E-state index contributed by atoms with van der Waals surface area (Å²) in [4.78, 5) is 4.95. The minimum Gasteiger partial charge on any atom is -0.374 e. The molecule has 1 aliphatic carbocycles. The first-order valence-electron chi connectivity index (χ1n) is 8.14. The van der Waals surface area contributed by atoms with Crippen molar-refractivity contribution in [1.82, 2.24) is 20.0 Å². The molecule has 0 radical (unpaired) electrons. The highest BCUT2D eigenvalue weighted by Gasteiger charge is 2.26. The van der Waals surface area contributed by atoms with Gasteiger partial charge in [0.1, 0.15) is 0 Å². The molecule has 0 unspecified atom stereocenters. The number of H-pyrrole nitrogens is 1. The van der Waals surface area contributed by atoms with Gasteiger partial charge in [-0.05, 0) is 39.7 Å². The van der Waals surface area contributed by atoms with Gasteiger partial charge in [-0.1, -0.05) is 0 Å². The molecule has 1 aliphatic heterocycles. The van der Waals surface area contributed by atoms with E-state index in [0.29, 0.717) is 6.10 Å². The Labute approximate surface area is 127 Å². The van der Waals surface area contributed by atoms with Crippen molar-refractivity contribution >= 4 is 0 Å². The summed E-state index contributed by atoms with van der Waals surface area (Å²) in [5.41, 5.74) is 3.67. The van der Waals surface area contributed by atoms with Gasteiger partial charge < -0.3 is 9.64 Å². The molecule has 0 spiro atoms. The molecule has 1 aromatic heterocycles. The van der Waals surface area contributed by atoms with Gasteiger partial charge in [-0.25, -0.2) is 0 Å². The first-order valence-corrected chi connectivity index (χ1v) is 8.14. The number of aromatic amines is 1. The van der Waals surface area contributed by atoms with Crippen LogP contribution in [-0.4, -0.2) is 65.9 Å². The van der Waals surface area contributed by atoms with Crippen LogP contribution in [0.2, 0.25) is 0 Å². The fourth-order valence-electron chi connectivity index (χ4n) is 3.23. The number of nitrogens with zero attached hydrogens (tertiary/aromatic N) is 3. The van der Waals surface area contributed by atoms with E-state index in [1.807, 2.05) is 0 Å². The summed E-state index contributed by atoms with van der Waals surface area (Å²) in [6.45, 7) is 10.4. The van der Waals surface area contributed by atoms with E-state index >= 15 is 0 Å². The van der Waals surface area contributed by atoms with Crippen LogP contribution in [0.5, 0.6) is 0 Å². The number of nitrogens with one attached hydrogen (secondary N) is 1. The van der Waals surface area contributed by atoms with Crippen LogP contribution in [0.4, 0.5) is 0 Å². The Hall–Kier alpha value is -0.910. The molecule has 1 saturated heterocycles. The maximum atomic E-state index is 5.95. The van der Waals surface area contributed by atoms with E-state index in [1.54, 1.807) is 0 Å². The Bertz CT molecular complexity index is 449. The van der Waals surface area contributed by atoms with Crippen molar-refractivity contribution in [2.75, 3.05) is 39.8 Å². The van der Waals surface area contributed by atoms with Crippen molar-refractivity contribution in [2.45, 2.75) is 39.3 Å². The van der Waals surface area contributed by atoms with Crippen LogP contribution in [0, 0.1) is 19.8 Å². The van der Waals surface area contributed by atoms with Gasteiger partial charge >= 0.3 is 0 Å². The molecule has 2 fully saturated rings. The van der Waals surface area contributed by atoms with Crippen LogP contribution in [0.15, 0.2) is 0 Å². The number of hydrogen-bond donors (Lipinski definition) is 1. The molecule has 1 aromatic rings. The maximum absolute atomic E-state index is 5.95. The molecule has 0 bridgehead atoms. The minimum absolute atomic E-state index is 0.343. The third-order valence-corrected chi connectivity index (χ3v) is 4.67. The van der Waals surface area contributed by atoms with Gasteiger partial charge in [0, 0.05) is 44.0 Å². The van der Waals surface area contributed by atoms with Gasteiger partial charge in [-0.3, -0.25) is 10.00 Å².